The van der Waals surface area contributed by atoms with Crippen molar-refractivity contribution in [3.05, 3.63) is 18.5 Å². The molecule has 6 N–H and O–H groups in total. The van der Waals surface area contributed by atoms with Gasteiger partial charge in [-0.15, -0.1) is 0 Å². The van der Waals surface area contributed by atoms with Crippen LogP contribution in [-0.4, -0.2) is 85.4 Å². The van der Waals surface area contributed by atoms with Crippen LogP contribution in [0.25, 0.3) is 0 Å². The number of nitrogens with one attached hydrogen (secondary N) is 4. The molecule has 2 saturated heterocycles. The summed E-state index contributed by atoms with van der Waals surface area (Å²) >= 11 is 0. The highest BCUT2D eigenvalue weighted by Gasteiger charge is 2.23. The number of rotatable bonds is 9. The first-order valence-corrected chi connectivity index (χ1v) is 13.8. The van der Waals surface area contributed by atoms with Gasteiger partial charge < -0.3 is 36.8 Å². The molecule has 0 spiro atoms. The number of aromatic nitrogens is 4. The monoisotopic (exact) mass is 527 g/mol. The highest BCUT2D eigenvalue weighted by atomic mass is 15.3. The maximum atomic E-state index is 5.83. The van der Waals surface area contributed by atoms with Crippen LogP contribution in [0.3, 0.4) is 0 Å². The van der Waals surface area contributed by atoms with Crippen molar-refractivity contribution in [3.63, 3.8) is 0 Å². The standard InChI is InChI=1S/C14H26N6.C13H23N5/c1-14(2,3)9-17-11-7-12(19-13(15)18-11)20-6-5-10(8-20)16-4;1-10(2)7-15-12-6-13(17-9-16-12)18-5-4-11(8-18)14-3/h7,10,16H,5-6,8-9H2,1-4H3,(H3,15,17,18,19);6,9-11,14H,4-5,7-8H2,1-3H3,(H,15,16,17)/t10-;11-/m11/s1. The van der Waals surface area contributed by atoms with Gasteiger partial charge in [-0.1, -0.05) is 34.6 Å². The predicted octanol–water partition coefficient (Wildman–Crippen LogP) is 2.66. The molecule has 4 rings (SSSR count). The summed E-state index contributed by atoms with van der Waals surface area (Å²) < 4.78 is 0. The summed E-state index contributed by atoms with van der Waals surface area (Å²) in [6, 6.07) is 5.13. The van der Waals surface area contributed by atoms with Gasteiger partial charge in [0.05, 0.1) is 0 Å². The van der Waals surface area contributed by atoms with Crippen LogP contribution in [0.4, 0.5) is 29.2 Å². The molecule has 2 atom stereocenters. The third-order valence-electron chi connectivity index (χ3n) is 6.71. The van der Waals surface area contributed by atoms with E-state index in [1.807, 2.05) is 26.2 Å². The fourth-order valence-corrected chi connectivity index (χ4v) is 4.39. The molecule has 2 aromatic heterocycles. The van der Waals surface area contributed by atoms with Crippen LogP contribution in [0, 0.1) is 11.3 Å². The number of hydrogen-bond acceptors (Lipinski definition) is 11. The first kappa shape index (κ1) is 29.6. The maximum Gasteiger partial charge on any atom is 0.223 e. The number of nitrogens with zero attached hydrogens (tertiary/aromatic N) is 6. The van der Waals surface area contributed by atoms with Gasteiger partial charge in [0.2, 0.25) is 5.95 Å². The van der Waals surface area contributed by atoms with Crippen molar-refractivity contribution in [2.24, 2.45) is 11.3 Å². The highest BCUT2D eigenvalue weighted by molar-refractivity contribution is 5.53. The van der Waals surface area contributed by atoms with E-state index in [2.05, 4.69) is 85.6 Å². The van der Waals surface area contributed by atoms with Gasteiger partial charge in [0.15, 0.2) is 0 Å². The Hall–Kier alpha value is -2.92. The molecule has 2 aliphatic heterocycles. The molecule has 0 aromatic carbocycles. The normalized spacial score (nSPS) is 19.5. The van der Waals surface area contributed by atoms with Gasteiger partial charge in [0.25, 0.3) is 0 Å². The van der Waals surface area contributed by atoms with E-state index in [0.717, 1.165) is 69.0 Å². The molecule has 4 heterocycles. The van der Waals surface area contributed by atoms with Gasteiger partial charge in [0.1, 0.15) is 29.6 Å². The maximum absolute atomic E-state index is 5.83. The Morgan fingerprint density at radius 3 is 2.05 bits per heavy atom. The van der Waals surface area contributed by atoms with Crippen LogP contribution in [0.15, 0.2) is 18.5 Å². The number of likely N-dealkylation sites (N-methyl/N-ethyl adjacent to an activating group) is 2. The lowest BCUT2D eigenvalue weighted by Gasteiger charge is -2.21. The SMILES string of the molecule is CN[C@@H]1CCN(c2cc(NCC(C)(C)C)nc(N)n2)C1.CN[C@@H]1CCN(c2cc(NCC(C)C)ncn2)C1. The summed E-state index contributed by atoms with van der Waals surface area (Å²) in [5.74, 6) is 4.59. The Balaban J connectivity index is 0.000000212. The van der Waals surface area contributed by atoms with E-state index in [9.17, 15) is 0 Å². The van der Waals surface area contributed by atoms with Crippen LogP contribution >= 0.6 is 0 Å². The number of hydrogen-bond donors (Lipinski definition) is 5. The molecule has 2 aliphatic rings. The van der Waals surface area contributed by atoms with E-state index in [4.69, 9.17) is 5.73 Å². The van der Waals surface area contributed by atoms with E-state index in [1.165, 1.54) is 6.42 Å². The van der Waals surface area contributed by atoms with Gasteiger partial charge in [-0.25, -0.2) is 9.97 Å². The van der Waals surface area contributed by atoms with Crippen molar-refractivity contribution in [1.82, 2.24) is 30.6 Å². The van der Waals surface area contributed by atoms with Crippen molar-refractivity contribution in [2.75, 3.05) is 79.5 Å². The lowest BCUT2D eigenvalue weighted by Crippen LogP contribution is -2.30. The van der Waals surface area contributed by atoms with Gasteiger partial charge in [-0.2, -0.15) is 9.97 Å². The first-order valence-electron chi connectivity index (χ1n) is 13.8. The molecular formula is C27H49N11. The predicted molar refractivity (Wildman–Crippen MR) is 159 cm³/mol. The molecule has 11 heteroatoms. The summed E-state index contributed by atoms with van der Waals surface area (Å²) in [7, 11) is 4.02. The molecule has 38 heavy (non-hydrogen) atoms. The lowest BCUT2D eigenvalue weighted by molar-refractivity contribution is 0.442. The summed E-state index contributed by atoms with van der Waals surface area (Å²) in [4.78, 5) is 21.8. The van der Waals surface area contributed by atoms with Gasteiger partial charge in [-0.3, -0.25) is 0 Å². The van der Waals surface area contributed by atoms with E-state index >= 15 is 0 Å². The van der Waals surface area contributed by atoms with Crippen molar-refractivity contribution in [3.8, 4) is 0 Å². The molecule has 2 aromatic rings. The average Bonchev–Trinajstić information content (AvgIpc) is 3.56. The Bertz CT molecular complexity index is 991. The van der Waals surface area contributed by atoms with Crippen LogP contribution < -0.4 is 36.8 Å². The smallest absolute Gasteiger partial charge is 0.223 e. The zero-order valence-corrected chi connectivity index (χ0v) is 24.4. The molecular weight excluding hydrogens is 478 g/mol. The van der Waals surface area contributed by atoms with Gasteiger partial charge in [0, 0.05) is 63.5 Å². The Kier molecular flexibility index (Phi) is 10.7. The van der Waals surface area contributed by atoms with E-state index in [1.54, 1.807) is 6.33 Å². The Morgan fingerprint density at radius 2 is 1.50 bits per heavy atom. The molecule has 0 amide bonds. The van der Waals surface area contributed by atoms with Crippen molar-refractivity contribution >= 4 is 29.2 Å². The van der Waals surface area contributed by atoms with Gasteiger partial charge >= 0.3 is 0 Å². The second kappa shape index (κ2) is 13.7. The fraction of sp³-hybridized carbons (Fsp3) is 0.704. The second-order valence-electron chi connectivity index (χ2n) is 11.9. The van der Waals surface area contributed by atoms with Crippen LogP contribution in [0.5, 0.6) is 0 Å². The second-order valence-corrected chi connectivity index (χ2v) is 11.9. The summed E-state index contributed by atoms with van der Waals surface area (Å²) in [5, 5.41) is 13.3. The molecule has 212 valence electrons. The minimum absolute atomic E-state index is 0.199. The zero-order chi connectivity index (χ0) is 27.7. The van der Waals surface area contributed by atoms with Gasteiger partial charge in [-0.05, 0) is 38.3 Å². The van der Waals surface area contributed by atoms with E-state index in [-0.39, 0.29) is 5.41 Å². The molecule has 11 nitrogen and oxygen atoms in total. The molecule has 0 saturated carbocycles. The largest absolute Gasteiger partial charge is 0.370 e. The Labute approximate surface area is 228 Å². The lowest BCUT2D eigenvalue weighted by atomic mass is 9.97. The summed E-state index contributed by atoms with van der Waals surface area (Å²) in [5.41, 5.74) is 6.03. The molecule has 2 fully saturated rings. The quantitative estimate of drug-likeness (QED) is 0.330. The third kappa shape index (κ3) is 9.43. The third-order valence-corrected chi connectivity index (χ3v) is 6.71. The van der Waals surface area contributed by atoms with Crippen molar-refractivity contribution < 1.29 is 0 Å². The minimum atomic E-state index is 0.199. The molecule has 0 radical (unpaired) electrons. The van der Waals surface area contributed by atoms with Crippen molar-refractivity contribution in [2.45, 2.75) is 59.5 Å². The van der Waals surface area contributed by atoms with Crippen LogP contribution in [0.2, 0.25) is 0 Å². The molecule has 0 aliphatic carbocycles. The number of anilines is 5. The number of nitrogen functional groups attached to an aromatic ring is 1. The van der Waals surface area contributed by atoms with Crippen molar-refractivity contribution in [1.29, 1.82) is 0 Å². The Morgan fingerprint density at radius 1 is 0.895 bits per heavy atom. The number of nitrogens with two attached hydrogens (primary N) is 1. The first-order chi connectivity index (χ1) is 18.1. The zero-order valence-electron chi connectivity index (χ0n) is 24.4. The average molecular weight is 528 g/mol. The van der Waals surface area contributed by atoms with E-state index < -0.39 is 0 Å². The molecule has 0 unspecified atom stereocenters. The summed E-state index contributed by atoms with van der Waals surface area (Å²) in [6.45, 7) is 16.8. The molecule has 0 bridgehead atoms. The highest BCUT2D eigenvalue weighted by Crippen LogP contribution is 2.23. The van der Waals surface area contributed by atoms with Crippen LogP contribution in [0.1, 0.15) is 47.5 Å². The van der Waals surface area contributed by atoms with E-state index in [0.29, 0.717) is 23.9 Å². The minimum Gasteiger partial charge on any atom is -0.370 e. The van der Waals surface area contributed by atoms with Crippen LogP contribution in [-0.2, 0) is 0 Å². The topological polar surface area (TPSA) is 132 Å². The fourth-order valence-electron chi connectivity index (χ4n) is 4.39. The summed E-state index contributed by atoms with van der Waals surface area (Å²) in [6.07, 6.45) is 3.95.